The molecule has 3 nitrogen and oxygen atoms in total. The molecule has 1 aromatic rings. The van der Waals surface area contributed by atoms with Gasteiger partial charge in [-0.05, 0) is 24.6 Å². The third-order valence-electron chi connectivity index (χ3n) is 2.88. The molecule has 1 aromatic carbocycles. The number of Topliss-reactive ketones (excluding diaryl/α,β-unsaturated/α-hetero) is 1. The molecule has 0 N–H and O–H groups in total. The van der Waals surface area contributed by atoms with Gasteiger partial charge in [-0.25, -0.2) is 4.39 Å². The van der Waals surface area contributed by atoms with Crippen molar-refractivity contribution < 1.29 is 14.0 Å². The highest BCUT2D eigenvalue weighted by molar-refractivity contribution is 6.08. The number of hydrogen-bond acceptors (Lipinski definition) is 2. The number of hydrogen-bond donors (Lipinski definition) is 0. The van der Waals surface area contributed by atoms with Gasteiger partial charge in [-0.2, -0.15) is 0 Å². The summed E-state index contributed by atoms with van der Waals surface area (Å²) in [5.41, 5.74) is 0.863. The fourth-order valence-corrected chi connectivity index (χ4v) is 2.04. The number of carbonyl (C=O) groups excluding carboxylic acids is 2. The van der Waals surface area contributed by atoms with Crippen LogP contribution in [0.5, 0.6) is 0 Å². The lowest BCUT2D eigenvalue weighted by atomic mass is 10.00. The number of rotatable bonds is 2. The van der Waals surface area contributed by atoms with Crippen molar-refractivity contribution in [3.05, 3.63) is 29.6 Å². The number of ketones is 1. The highest BCUT2D eigenvalue weighted by Crippen LogP contribution is 2.28. The minimum atomic E-state index is -0.443. The maximum Gasteiger partial charge on any atom is 0.226 e. The minimum absolute atomic E-state index is 0.00661. The van der Waals surface area contributed by atoms with Crippen LogP contribution in [0, 0.1) is 5.82 Å². The first-order valence-corrected chi connectivity index (χ1v) is 5.76. The lowest BCUT2D eigenvalue weighted by Crippen LogP contribution is -2.37. The molecule has 0 saturated heterocycles. The summed E-state index contributed by atoms with van der Waals surface area (Å²) in [6.07, 6.45) is 1.48. The highest BCUT2D eigenvalue weighted by Gasteiger charge is 2.26. The lowest BCUT2D eigenvalue weighted by molar-refractivity contribution is -0.118. The number of amides is 1. The molecule has 0 aromatic heterocycles. The maximum absolute atomic E-state index is 13.1. The Hall–Kier alpha value is -1.71. The Morgan fingerprint density at radius 1 is 1.47 bits per heavy atom. The monoisotopic (exact) mass is 235 g/mol. The summed E-state index contributed by atoms with van der Waals surface area (Å²) >= 11 is 0. The Labute approximate surface area is 99.2 Å². The lowest BCUT2D eigenvalue weighted by Gasteiger charge is -2.28. The molecule has 1 amide bonds. The van der Waals surface area contributed by atoms with E-state index in [1.54, 1.807) is 4.90 Å². The summed E-state index contributed by atoms with van der Waals surface area (Å²) in [4.78, 5) is 25.1. The number of benzene rings is 1. The second-order valence-electron chi connectivity index (χ2n) is 4.13. The summed E-state index contributed by atoms with van der Waals surface area (Å²) < 4.78 is 13.1. The fraction of sp³-hybridized carbons (Fsp3) is 0.385. The third kappa shape index (κ3) is 2.20. The topological polar surface area (TPSA) is 37.4 Å². The van der Waals surface area contributed by atoms with E-state index < -0.39 is 5.82 Å². The normalized spacial score (nSPS) is 14.7. The molecule has 1 heterocycles. The van der Waals surface area contributed by atoms with E-state index in [2.05, 4.69) is 0 Å². The molecule has 4 heteroatoms. The minimum Gasteiger partial charge on any atom is -0.311 e. The van der Waals surface area contributed by atoms with Gasteiger partial charge in [0.25, 0.3) is 0 Å². The van der Waals surface area contributed by atoms with Crippen LogP contribution < -0.4 is 4.90 Å². The zero-order valence-electron chi connectivity index (χ0n) is 9.70. The molecule has 0 atom stereocenters. The molecule has 0 spiro atoms. The summed E-state index contributed by atoms with van der Waals surface area (Å²) in [5.74, 6) is -0.546. The van der Waals surface area contributed by atoms with Gasteiger partial charge in [0, 0.05) is 24.9 Å². The zero-order valence-corrected chi connectivity index (χ0v) is 9.70. The van der Waals surface area contributed by atoms with Gasteiger partial charge in [-0.15, -0.1) is 0 Å². The average molecular weight is 235 g/mol. The molecule has 1 aliphatic heterocycles. The molecule has 0 fully saturated rings. The summed E-state index contributed by atoms with van der Waals surface area (Å²) in [6.45, 7) is 2.33. The standard InChI is InChI=1S/C13H14FNO2/c1-2-3-13(17)15-7-6-12(16)10-8-9(14)4-5-11(10)15/h4-5,8H,2-3,6-7H2,1H3. The van der Waals surface area contributed by atoms with Crippen molar-refractivity contribution in [3.63, 3.8) is 0 Å². The van der Waals surface area contributed by atoms with Crippen LogP contribution in [0.1, 0.15) is 36.5 Å². The van der Waals surface area contributed by atoms with E-state index in [0.717, 1.165) is 6.42 Å². The molecule has 2 rings (SSSR count). The Kier molecular flexibility index (Phi) is 3.22. The SMILES string of the molecule is CCCC(=O)N1CCC(=O)c2cc(F)ccc21. The largest absolute Gasteiger partial charge is 0.311 e. The van der Waals surface area contributed by atoms with E-state index in [0.29, 0.717) is 24.2 Å². The van der Waals surface area contributed by atoms with Crippen molar-refractivity contribution in [2.24, 2.45) is 0 Å². The smallest absolute Gasteiger partial charge is 0.226 e. The number of carbonyl (C=O) groups is 2. The van der Waals surface area contributed by atoms with Crippen molar-refractivity contribution in [3.8, 4) is 0 Å². The molecular weight excluding hydrogens is 221 g/mol. The first kappa shape index (κ1) is 11.8. The van der Waals surface area contributed by atoms with E-state index >= 15 is 0 Å². The molecular formula is C13H14FNO2. The first-order valence-electron chi connectivity index (χ1n) is 5.76. The van der Waals surface area contributed by atoms with Gasteiger partial charge in [0.1, 0.15) is 5.82 Å². The predicted octanol–water partition coefficient (Wildman–Crippen LogP) is 2.55. The molecule has 0 radical (unpaired) electrons. The van der Waals surface area contributed by atoms with Gasteiger partial charge in [0.05, 0.1) is 5.69 Å². The first-order chi connectivity index (χ1) is 8.13. The van der Waals surface area contributed by atoms with Gasteiger partial charge < -0.3 is 4.90 Å². The van der Waals surface area contributed by atoms with Crippen molar-refractivity contribution in [1.29, 1.82) is 0 Å². The molecule has 0 saturated carbocycles. The van der Waals surface area contributed by atoms with E-state index in [1.165, 1.54) is 18.2 Å². The number of anilines is 1. The maximum atomic E-state index is 13.1. The van der Waals surface area contributed by atoms with E-state index in [4.69, 9.17) is 0 Å². The Morgan fingerprint density at radius 3 is 2.94 bits per heavy atom. The Bertz CT molecular complexity index is 470. The number of nitrogens with zero attached hydrogens (tertiary/aromatic N) is 1. The van der Waals surface area contributed by atoms with Crippen LogP contribution in [0.25, 0.3) is 0 Å². The molecule has 17 heavy (non-hydrogen) atoms. The third-order valence-corrected chi connectivity index (χ3v) is 2.88. The molecule has 90 valence electrons. The number of fused-ring (bicyclic) bond motifs is 1. The summed E-state index contributed by atoms with van der Waals surface area (Å²) in [5, 5.41) is 0. The van der Waals surface area contributed by atoms with Crippen molar-refractivity contribution in [2.75, 3.05) is 11.4 Å². The molecule has 0 bridgehead atoms. The summed E-state index contributed by atoms with van der Waals surface area (Å²) in [7, 11) is 0. The van der Waals surface area contributed by atoms with Crippen LogP contribution in [-0.4, -0.2) is 18.2 Å². The second kappa shape index (κ2) is 4.65. The molecule has 1 aliphatic rings. The van der Waals surface area contributed by atoms with Gasteiger partial charge in [-0.1, -0.05) is 6.92 Å². The van der Waals surface area contributed by atoms with Gasteiger partial charge in [0.2, 0.25) is 5.91 Å². The Balaban J connectivity index is 2.39. The van der Waals surface area contributed by atoms with Crippen LogP contribution in [0.3, 0.4) is 0 Å². The van der Waals surface area contributed by atoms with Crippen molar-refractivity contribution in [2.45, 2.75) is 26.2 Å². The van der Waals surface area contributed by atoms with Crippen LogP contribution in [0.15, 0.2) is 18.2 Å². The van der Waals surface area contributed by atoms with Crippen LogP contribution in [-0.2, 0) is 4.79 Å². The van der Waals surface area contributed by atoms with E-state index in [-0.39, 0.29) is 18.1 Å². The van der Waals surface area contributed by atoms with Crippen LogP contribution in [0.4, 0.5) is 10.1 Å². The molecule has 0 aliphatic carbocycles. The summed E-state index contributed by atoms with van der Waals surface area (Å²) in [6, 6.07) is 4.00. The van der Waals surface area contributed by atoms with Crippen LogP contribution in [0.2, 0.25) is 0 Å². The van der Waals surface area contributed by atoms with Crippen molar-refractivity contribution >= 4 is 17.4 Å². The van der Waals surface area contributed by atoms with Crippen molar-refractivity contribution in [1.82, 2.24) is 0 Å². The predicted molar refractivity (Wildman–Crippen MR) is 62.6 cm³/mol. The number of halogens is 1. The molecule has 0 unspecified atom stereocenters. The quantitative estimate of drug-likeness (QED) is 0.790. The van der Waals surface area contributed by atoms with Gasteiger partial charge in [0.15, 0.2) is 5.78 Å². The second-order valence-corrected chi connectivity index (χ2v) is 4.13. The van der Waals surface area contributed by atoms with Gasteiger partial charge >= 0.3 is 0 Å². The highest BCUT2D eigenvalue weighted by atomic mass is 19.1. The Morgan fingerprint density at radius 2 is 2.24 bits per heavy atom. The van der Waals surface area contributed by atoms with E-state index in [1.807, 2.05) is 6.92 Å². The fourth-order valence-electron chi connectivity index (χ4n) is 2.04. The average Bonchev–Trinajstić information content (AvgIpc) is 2.30. The van der Waals surface area contributed by atoms with Crippen LogP contribution >= 0.6 is 0 Å². The van der Waals surface area contributed by atoms with Gasteiger partial charge in [-0.3, -0.25) is 9.59 Å². The zero-order chi connectivity index (χ0) is 12.4. The van der Waals surface area contributed by atoms with E-state index in [9.17, 15) is 14.0 Å².